The summed E-state index contributed by atoms with van der Waals surface area (Å²) in [6, 6.07) is 9.38. The summed E-state index contributed by atoms with van der Waals surface area (Å²) in [6.45, 7) is -0.552. The quantitative estimate of drug-likeness (QED) is 0.927. The average molecular weight is 342 g/mol. The summed E-state index contributed by atoms with van der Waals surface area (Å²) in [6.07, 6.45) is -2.93. The van der Waals surface area contributed by atoms with Crippen LogP contribution in [0.3, 0.4) is 0 Å². The largest absolute Gasteiger partial charge is 0.481 e. The summed E-state index contributed by atoms with van der Waals surface area (Å²) in [4.78, 5) is 17.5. The summed E-state index contributed by atoms with van der Waals surface area (Å²) < 4.78 is 39.1. The molecular formula is C15H13F3N2O2S. The minimum Gasteiger partial charge on any atom is -0.481 e. The number of hydrogen-bond donors (Lipinski definition) is 1. The molecular weight excluding hydrogens is 329 g/mol. The van der Waals surface area contributed by atoms with E-state index >= 15 is 0 Å². The van der Waals surface area contributed by atoms with Crippen LogP contribution in [0.1, 0.15) is 0 Å². The number of nitrogens with zero attached hydrogens (tertiary/aromatic N) is 2. The molecule has 8 heteroatoms. The van der Waals surface area contributed by atoms with Crippen LogP contribution in [0.4, 0.5) is 18.3 Å². The van der Waals surface area contributed by atoms with Crippen molar-refractivity contribution in [1.29, 1.82) is 0 Å². The predicted octanol–water partition coefficient (Wildman–Crippen LogP) is 3.51. The van der Waals surface area contributed by atoms with Gasteiger partial charge in [-0.05, 0) is 5.56 Å². The minimum atomic E-state index is -4.53. The Labute approximate surface area is 134 Å². The van der Waals surface area contributed by atoms with E-state index in [1.165, 1.54) is 16.2 Å². The molecule has 1 aromatic heterocycles. The Morgan fingerprint density at radius 1 is 1.26 bits per heavy atom. The fourth-order valence-corrected chi connectivity index (χ4v) is 3.63. The van der Waals surface area contributed by atoms with Crippen LogP contribution >= 0.6 is 11.3 Å². The van der Waals surface area contributed by atoms with E-state index in [0.717, 1.165) is 10.4 Å². The maximum Gasteiger partial charge on any atom is 0.394 e. The van der Waals surface area contributed by atoms with Crippen LogP contribution in [0.15, 0.2) is 36.5 Å². The number of anilines is 1. The predicted molar refractivity (Wildman–Crippen MR) is 80.4 cm³/mol. The molecule has 23 heavy (non-hydrogen) atoms. The van der Waals surface area contributed by atoms with Gasteiger partial charge in [0.15, 0.2) is 5.13 Å². The molecule has 1 aliphatic rings. The lowest BCUT2D eigenvalue weighted by Gasteiger charge is -2.17. The van der Waals surface area contributed by atoms with Crippen LogP contribution in [-0.4, -0.2) is 35.3 Å². The smallest absolute Gasteiger partial charge is 0.394 e. The number of carboxylic acids is 1. The Hall–Kier alpha value is -2.09. The van der Waals surface area contributed by atoms with Gasteiger partial charge in [0.1, 0.15) is 0 Å². The van der Waals surface area contributed by atoms with Crippen molar-refractivity contribution >= 4 is 22.4 Å². The molecule has 0 spiro atoms. The molecule has 4 nitrogen and oxygen atoms in total. The molecule has 0 unspecified atom stereocenters. The van der Waals surface area contributed by atoms with Gasteiger partial charge in [0.05, 0.1) is 16.7 Å². The Bertz CT molecular complexity index is 702. The molecule has 0 aliphatic carbocycles. The molecule has 122 valence electrons. The number of rotatable bonds is 3. The number of hydrogen-bond acceptors (Lipinski definition) is 4. The second kappa shape index (κ2) is 5.84. The molecule has 1 fully saturated rings. The third-order valence-electron chi connectivity index (χ3n) is 3.88. The highest BCUT2D eigenvalue weighted by atomic mass is 32.1. The van der Waals surface area contributed by atoms with Crippen LogP contribution < -0.4 is 4.90 Å². The fourth-order valence-electron chi connectivity index (χ4n) is 2.69. The van der Waals surface area contributed by atoms with Gasteiger partial charge in [-0.2, -0.15) is 13.2 Å². The first-order valence-corrected chi connectivity index (χ1v) is 7.73. The SMILES string of the molecule is O=C(O)[C@@H]1CN(c2ncc(-c3ccccc3)s2)C[C@H]1C(F)(F)F. The van der Waals surface area contributed by atoms with Gasteiger partial charge in [-0.1, -0.05) is 41.7 Å². The number of aromatic nitrogens is 1. The van der Waals surface area contributed by atoms with Gasteiger partial charge in [-0.3, -0.25) is 4.79 Å². The number of aliphatic carboxylic acids is 1. The van der Waals surface area contributed by atoms with E-state index in [4.69, 9.17) is 5.11 Å². The highest BCUT2D eigenvalue weighted by Crippen LogP contribution is 2.41. The molecule has 1 saturated heterocycles. The molecule has 1 aliphatic heterocycles. The van der Waals surface area contributed by atoms with E-state index in [-0.39, 0.29) is 13.1 Å². The Kier molecular flexibility index (Phi) is 4.01. The topological polar surface area (TPSA) is 53.4 Å². The maximum atomic E-state index is 13.0. The van der Waals surface area contributed by atoms with Crippen LogP contribution in [0, 0.1) is 11.8 Å². The minimum absolute atomic E-state index is 0.179. The van der Waals surface area contributed by atoms with E-state index in [0.29, 0.717) is 5.13 Å². The van der Waals surface area contributed by atoms with Crippen molar-refractivity contribution in [2.24, 2.45) is 11.8 Å². The molecule has 0 radical (unpaired) electrons. The monoisotopic (exact) mass is 342 g/mol. The van der Waals surface area contributed by atoms with Crippen molar-refractivity contribution in [2.45, 2.75) is 6.18 Å². The first-order chi connectivity index (χ1) is 10.9. The number of alkyl halides is 3. The first kappa shape index (κ1) is 15.8. The Morgan fingerprint density at radius 2 is 1.96 bits per heavy atom. The van der Waals surface area contributed by atoms with Crippen molar-refractivity contribution in [3.63, 3.8) is 0 Å². The molecule has 0 saturated carbocycles. The van der Waals surface area contributed by atoms with Crippen LogP contribution in [0.2, 0.25) is 0 Å². The van der Waals surface area contributed by atoms with E-state index in [1.54, 1.807) is 6.20 Å². The third-order valence-corrected chi connectivity index (χ3v) is 4.99. The lowest BCUT2D eigenvalue weighted by atomic mass is 9.96. The normalized spacial score (nSPS) is 21.6. The molecule has 0 amide bonds. The maximum absolute atomic E-state index is 13.0. The van der Waals surface area contributed by atoms with Gasteiger partial charge in [-0.15, -0.1) is 0 Å². The summed E-state index contributed by atoms with van der Waals surface area (Å²) in [5, 5.41) is 9.47. The highest BCUT2D eigenvalue weighted by Gasteiger charge is 2.53. The standard InChI is InChI=1S/C15H13F3N2O2S/c16-15(17,18)11-8-20(7-10(11)13(21)22)14-19-6-12(23-14)9-4-2-1-3-5-9/h1-6,10-11H,7-8H2,(H,21,22)/t10-,11-/m1/s1. The number of carboxylic acid groups (broad SMARTS) is 1. The van der Waals surface area contributed by atoms with Crippen LogP contribution in [-0.2, 0) is 4.79 Å². The molecule has 3 rings (SSSR count). The lowest BCUT2D eigenvalue weighted by Crippen LogP contribution is -2.33. The second-order valence-electron chi connectivity index (χ2n) is 5.37. The first-order valence-electron chi connectivity index (χ1n) is 6.92. The van der Waals surface area contributed by atoms with Crippen molar-refractivity contribution in [3.05, 3.63) is 36.5 Å². The number of carbonyl (C=O) groups is 1. The third kappa shape index (κ3) is 3.17. The summed E-state index contributed by atoms with van der Waals surface area (Å²) in [7, 11) is 0. The zero-order chi connectivity index (χ0) is 16.6. The van der Waals surface area contributed by atoms with Crippen molar-refractivity contribution in [2.75, 3.05) is 18.0 Å². The molecule has 1 aromatic carbocycles. The number of halogens is 3. The fraction of sp³-hybridized carbons (Fsp3) is 0.333. The zero-order valence-corrected chi connectivity index (χ0v) is 12.6. The molecule has 1 N–H and O–H groups in total. The van der Waals surface area contributed by atoms with Crippen LogP contribution in [0.5, 0.6) is 0 Å². The zero-order valence-electron chi connectivity index (χ0n) is 11.8. The van der Waals surface area contributed by atoms with Gasteiger partial charge in [0.25, 0.3) is 0 Å². The highest BCUT2D eigenvalue weighted by molar-refractivity contribution is 7.18. The van der Waals surface area contributed by atoms with Crippen molar-refractivity contribution in [3.8, 4) is 10.4 Å². The molecule has 0 bridgehead atoms. The summed E-state index contributed by atoms with van der Waals surface area (Å²) >= 11 is 1.26. The van der Waals surface area contributed by atoms with Crippen molar-refractivity contribution < 1.29 is 23.1 Å². The van der Waals surface area contributed by atoms with Gasteiger partial charge < -0.3 is 10.0 Å². The van der Waals surface area contributed by atoms with Gasteiger partial charge >= 0.3 is 12.1 Å². The van der Waals surface area contributed by atoms with Crippen LogP contribution in [0.25, 0.3) is 10.4 Å². The summed E-state index contributed by atoms with van der Waals surface area (Å²) in [5.74, 6) is -4.75. The molecule has 2 heterocycles. The number of thiazole rings is 1. The van der Waals surface area contributed by atoms with E-state index < -0.39 is 24.0 Å². The molecule has 2 atom stereocenters. The van der Waals surface area contributed by atoms with Gasteiger partial charge in [-0.25, -0.2) is 4.98 Å². The second-order valence-corrected chi connectivity index (χ2v) is 6.38. The van der Waals surface area contributed by atoms with Gasteiger partial charge in [0.2, 0.25) is 0 Å². The average Bonchev–Trinajstić information content (AvgIpc) is 3.14. The number of benzene rings is 1. The molecule has 2 aromatic rings. The van der Waals surface area contributed by atoms with E-state index in [2.05, 4.69) is 4.98 Å². The van der Waals surface area contributed by atoms with E-state index in [1.807, 2.05) is 30.3 Å². The van der Waals surface area contributed by atoms with Crippen molar-refractivity contribution in [1.82, 2.24) is 4.98 Å². The summed E-state index contributed by atoms with van der Waals surface area (Å²) in [5.41, 5.74) is 0.928. The Morgan fingerprint density at radius 3 is 2.52 bits per heavy atom. The Balaban J connectivity index is 1.83. The van der Waals surface area contributed by atoms with Gasteiger partial charge in [0, 0.05) is 19.3 Å². The van der Waals surface area contributed by atoms with E-state index in [9.17, 15) is 18.0 Å². The lowest BCUT2D eigenvalue weighted by molar-refractivity contribution is -0.187.